The van der Waals surface area contributed by atoms with Crippen molar-refractivity contribution in [2.24, 2.45) is 0 Å². The second-order valence-electron chi connectivity index (χ2n) is 5.25. The maximum atomic E-state index is 13.2. The molecule has 1 saturated carbocycles. The number of amides is 1. The van der Waals surface area contributed by atoms with Gasteiger partial charge >= 0.3 is 0 Å². The van der Waals surface area contributed by atoms with E-state index in [-0.39, 0.29) is 17.5 Å². The molecule has 0 unspecified atom stereocenters. The van der Waals surface area contributed by atoms with Gasteiger partial charge in [-0.25, -0.2) is 14.4 Å². The lowest BCUT2D eigenvalue weighted by Crippen LogP contribution is -2.13. The van der Waals surface area contributed by atoms with Crippen LogP contribution in [0.4, 0.5) is 9.52 Å². The number of nitrogens with zero attached hydrogens (tertiary/aromatic N) is 3. The van der Waals surface area contributed by atoms with Gasteiger partial charge in [-0.3, -0.25) is 9.89 Å². The number of halogens is 1. The molecule has 0 radical (unpaired) electrons. The molecule has 23 heavy (non-hydrogen) atoms. The molecule has 0 spiro atoms. The fraction of sp³-hybridized carbons (Fsp3) is 0.286. The van der Waals surface area contributed by atoms with Gasteiger partial charge < -0.3 is 5.32 Å². The minimum absolute atomic E-state index is 0.188. The van der Waals surface area contributed by atoms with E-state index in [1.807, 2.05) is 0 Å². The van der Waals surface area contributed by atoms with Crippen molar-refractivity contribution in [3.05, 3.63) is 29.8 Å². The topological polar surface area (TPSA) is 83.6 Å². The summed E-state index contributed by atoms with van der Waals surface area (Å²) in [6.07, 6.45) is 2.30. The van der Waals surface area contributed by atoms with Gasteiger partial charge in [-0.2, -0.15) is 0 Å². The predicted octanol–water partition coefficient (Wildman–Crippen LogP) is 3.16. The number of fused-ring (bicyclic) bond motifs is 1. The highest BCUT2D eigenvalue weighted by molar-refractivity contribution is 7.99. The number of benzene rings is 1. The number of nitrogens with one attached hydrogen (secondary N) is 2. The summed E-state index contributed by atoms with van der Waals surface area (Å²) in [6.45, 7) is 0. The van der Waals surface area contributed by atoms with E-state index in [0.29, 0.717) is 26.4 Å². The number of rotatable bonds is 5. The summed E-state index contributed by atoms with van der Waals surface area (Å²) in [4.78, 5) is 20.6. The monoisotopic (exact) mass is 349 g/mol. The summed E-state index contributed by atoms with van der Waals surface area (Å²) in [5, 5.41) is 10.8. The Morgan fingerprint density at radius 1 is 1.43 bits per heavy atom. The summed E-state index contributed by atoms with van der Waals surface area (Å²) in [5.41, 5.74) is 0.669. The Kier molecular flexibility index (Phi) is 3.74. The van der Waals surface area contributed by atoms with Crippen LogP contribution in [0.25, 0.3) is 10.2 Å². The van der Waals surface area contributed by atoms with E-state index in [1.165, 1.54) is 35.2 Å². The Balaban J connectivity index is 1.36. The molecule has 3 aromatic rings. The lowest BCUT2D eigenvalue weighted by atomic mass is 10.3. The minimum atomic E-state index is -0.314. The first kappa shape index (κ1) is 14.6. The number of aromatic amines is 1. The van der Waals surface area contributed by atoms with Crippen LogP contribution in [0.2, 0.25) is 0 Å². The van der Waals surface area contributed by atoms with Gasteiger partial charge in [-0.15, -0.1) is 5.10 Å². The smallest absolute Gasteiger partial charge is 0.236 e. The van der Waals surface area contributed by atoms with E-state index in [4.69, 9.17) is 0 Å². The van der Waals surface area contributed by atoms with E-state index >= 15 is 0 Å². The third-order valence-corrected chi connectivity index (χ3v) is 5.16. The van der Waals surface area contributed by atoms with Crippen LogP contribution >= 0.6 is 23.1 Å². The summed E-state index contributed by atoms with van der Waals surface area (Å²) in [6, 6.07) is 4.35. The van der Waals surface area contributed by atoms with E-state index in [0.717, 1.165) is 18.7 Å². The third kappa shape index (κ3) is 3.35. The van der Waals surface area contributed by atoms with Gasteiger partial charge in [0.1, 0.15) is 11.6 Å². The Morgan fingerprint density at radius 2 is 2.30 bits per heavy atom. The number of anilines is 1. The molecule has 1 aliphatic rings. The number of H-pyrrole nitrogens is 1. The summed E-state index contributed by atoms with van der Waals surface area (Å²) in [7, 11) is 0. The predicted molar refractivity (Wildman–Crippen MR) is 87.3 cm³/mol. The Labute approximate surface area is 138 Å². The van der Waals surface area contributed by atoms with Crippen molar-refractivity contribution in [1.82, 2.24) is 20.2 Å². The maximum Gasteiger partial charge on any atom is 0.236 e. The molecule has 6 nitrogen and oxygen atoms in total. The number of hydrogen-bond donors (Lipinski definition) is 2. The molecule has 1 amide bonds. The fourth-order valence-corrected chi connectivity index (χ4v) is 3.61. The second kappa shape index (κ2) is 5.89. The molecular formula is C14H12FN5OS2. The first-order chi connectivity index (χ1) is 11.2. The molecule has 2 N–H and O–H groups in total. The van der Waals surface area contributed by atoms with Gasteiger partial charge in [0, 0.05) is 5.92 Å². The van der Waals surface area contributed by atoms with Crippen LogP contribution in [-0.2, 0) is 4.79 Å². The number of hydrogen-bond acceptors (Lipinski definition) is 6. The van der Waals surface area contributed by atoms with Gasteiger partial charge in [0.15, 0.2) is 5.13 Å². The summed E-state index contributed by atoms with van der Waals surface area (Å²) >= 11 is 2.52. The maximum absolute atomic E-state index is 13.2. The zero-order valence-electron chi connectivity index (χ0n) is 11.9. The lowest BCUT2D eigenvalue weighted by Gasteiger charge is -1.98. The molecule has 2 heterocycles. The normalized spacial score (nSPS) is 14.3. The molecule has 1 aliphatic carbocycles. The fourth-order valence-electron chi connectivity index (χ4n) is 2.10. The van der Waals surface area contributed by atoms with Crippen molar-refractivity contribution in [3.8, 4) is 0 Å². The first-order valence-corrected chi connectivity index (χ1v) is 8.88. The van der Waals surface area contributed by atoms with E-state index in [9.17, 15) is 9.18 Å². The van der Waals surface area contributed by atoms with Crippen molar-refractivity contribution >= 4 is 44.4 Å². The summed E-state index contributed by atoms with van der Waals surface area (Å²) < 4.78 is 13.9. The molecule has 1 aromatic carbocycles. The van der Waals surface area contributed by atoms with Crippen molar-refractivity contribution < 1.29 is 9.18 Å². The van der Waals surface area contributed by atoms with Crippen LogP contribution in [0.3, 0.4) is 0 Å². The summed E-state index contributed by atoms with van der Waals surface area (Å²) in [5.74, 6) is 1.11. The zero-order chi connectivity index (χ0) is 15.8. The SMILES string of the molecule is O=C(CSc1n[nH]c(C2CC2)n1)Nc1nc2ccc(F)cc2s1. The van der Waals surface area contributed by atoms with E-state index in [2.05, 4.69) is 25.5 Å². The molecule has 0 bridgehead atoms. The van der Waals surface area contributed by atoms with Gasteiger partial charge in [0.05, 0.1) is 16.0 Å². The molecule has 2 aromatic heterocycles. The van der Waals surface area contributed by atoms with Crippen molar-refractivity contribution in [1.29, 1.82) is 0 Å². The molecule has 4 rings (SSSR count). The number of thioether (sulfide) groups is 1. The number of aromatic nitrogens is 4. The highest BCUT2D eigenvalue weighted by Crippen LogP contribution is 2.38. The Hall–Kier alpha value is -2.00. The minimum Gasteiger partial charge on any atom is -0.301 e. The van der Waals surface area contributed by atoms with Crippen LogP contribution in [0.1, 0.15) is 24.6 Å². The largest absolute Gasteiger partial charge is 0.301 e. The molecule has 0 aliphatic heterocycles. The van der Waals surface area contributed by atoms with Gasteiger partial charge in [-0.1, -0.05) is 23.1 Å². The molecule has 0 atom stereocenters. The first-order valence-electron chi connectivity index (χ1n) is 7.08. The quantitative estimate of drug-likeness (QED) is 0.691. The van der Waals surface area contributed by atoms with Crippen molar-refractivity contribution in [2.75, 3.05) is 11.1 Å². The third-order valence-electron chi connectivity index (χ3n) is 3.38. The average molecular weight is 349 g/mol. The number of carbonyl (C=O) groups excluding carboxylic acids is 1. The van der Waals surface area contributed by atoms with Crippen LogP contribution in [0.15, 0.2) is 23.4 Å². The zero-order valence-corrected chi connectivity index (χ0v) is 13.5. The van der Waals surface area contributed by atoms with E-state index < -0.39 is 0 Å². The van der Waals surface area contributed by atoms with Crippen LogP contribution < -0.4 is 5.32 Å². The van der Waals surface area contributed by atoms with Gasteiger partial charge in [0.25, 0.3) is 0 Å². The lowest BCUT2D eigenvalue weighted by molar-refractivity contribution is -0.113. The van der Waals surface area contributed by atoms with Crippen LogP contribution in [-0.4, -0.2) is 31.8 Å². The Morgan fingerprint density at radius 3 is 3.13 bits per heavy atom. The van der Waals surface area contributed by atoms with Crippen LogP contribution in [0, 0.1) is 5.82 Å². The molecule has 1 fully saturated rings. The highest BCUT2D eigenvalue weighted by atomic mass is 32.2. The number of thiazole rings is 1. The van der Waals surface area contributed by atoms with Crippen LogP contribution in [0.5, 0.6) is 0 Å². The van der Waals surface area contributed by atoms with Gasteiger partial charge in [-0.05, 0) is 31.0 Å². The average Bonchev–Trinajstić information content (AvgIpc) is 3.13. The van der Waals surface area contributed by atoms with Crippen molar-refractivity contribution in [2.45, 2.75) is 23.9 Å². The second-order valence-corrected chi connectivity index (χ2v) is 7.22. The number of carbonyl (C=O) groups is 1. The molecule has 118 valence electrons. The van der Waals surface area contributed by atoms with Crippen molar-refractivity contribution in [3.63, 3.8) is 0 Å². The standard InChI is InChI=1S/C14H12FN5OS2/c15-8-3-4-9-10(5-8)23-13(16-9)17-11(21)6-22-14-18-12(19-20-14)7-1-2-7/h3-5,7H,1-2,6H2,(H,16,17,21)(H,18,19,20). The molecule has 9 heteroatoms. The Bertz CT molecular complexity index is 873. The van der Waals surface area contributed by atoms with Gasteiger partial charge in [0.2, 0.25) is 11.1 Å². The molecule has 0 saturated heterocycles. The van der Waals surface area contributed by atoms with E-state index in [1.54, 1.807) is 6.07 Å². The highest BCUT2D eigenvalue weighted by Gasteiger charge is 2.27. The molecular weight excluding hydrogens is 337 g/mol.